The van der Waals surface area contributed by atoms with Crippen molar-refractivity contribution in [2.75, 3.05) is 87.3 Å². The molecule has 15 heterocycles. The normalized spacial score (nSPS) is 27.4. The van der Waals surface area contributed by atoms with Crippen LogP contribution < -0.4 is 32.5 Å². The van der Waals surface area contributed by atoms with Crippen LogP contribution in [0.4, 0.5) is 27.1 Å². The van der Waals surface area contributed by atoms with Crippen molar-refractivity contribution in [2.24, 2.45) is 16.7 Å². The number of thioether (sulfide) groups is 2. The SMILES string of the molecule is CCC(CC)COC(=O)[C@H](C)NP(=O)(OC[C@H]1O[C@@](C#N)(c2ccc3c(N)ccnn23)[C@H](O)[C@@H]1O)Oc1ccccc1.Cc1ncnn2c([C@]3(C#N)O[C@H](COP(=O)(OCCSC(=O)C(C)(C)C)OCCSC(=O)C(C)(C)C)[C@@H](O)[C@H]3O)ccc12.N#C[C@@]1(c2ccc3c(N)ccnn23)O[C@H](CO)[C@@H](O)[C@H]1O.[C-]#[N+][C@]1(CO)O[C@@H](c2ccc3c(N)ccnn23)[C@H](F)[C@@H]1O.[C-]#[N+][C@]1(CO)O[C@@H](c2ccc3c(N)ccnn23)[C@H](O)[C@@H]1O. The van der Waals surface area contributed by atoms with Gasteiger partial charge in [-0.1, -0.05) is 110 Å². The number of nitrogens with two attached hydrogens (primary N) is 4. The Morgan fingerprint density at radius 3 is 1.32 bits per heavy atom. The summed E-state index contributed by atoms with van der Waals surface area (Å²) in [6.07, 6.45) is -13.1. The van der Waals surface area contributed by atoms with Gasteiger partial charge in [-0.05, 0) is 117 Å². The van der Waals surface area contributed by atoms with Crippen molar-refractivity contribution in [3.63, 3.8) is 0 Å². The molecule has 1 aromatic carbocycles. The Morgan fingerprint density at radius 2 is 0.919 bits per heavy atom. The maximum atomic E-state index is 14.3. The van der Waals surface area contributed by atoms with E-state index in [2.05, 4.69) is 45.3 Å². The number of rotatable bonds is 31. The number of halogens is 1. The highest BCUT2D eigenvalue weighted by atomic mass is 32.2. The molecule has 5 saturated heterocycles. The maximum absolute atomic E-state index is 14.3. The first-order valence-electron chi connectivity index (χ1n) is 46.2. The number of aliphatic hydroxyl groups excluding tert-OH is 12. The van der Waals surface area contributed by atoms with Crippen LogP contribution in [0, 0.1) is 70.8 Å². The van der Waals surface area contributed by atoms with Crippen LogP contribution in [0.25, 0.3) is 37.3 Å². The van der Waals surface area contributed by atoms with Crippen LogP contribution >= 0.6 is 39.1 Å². The number of nitrogens with one attached hydrogen (secondary N) is 1. The fourth-order valence-corrected chi connectivity index (χ4v) is 20.8. The number of hydrogen-bond donors (Lipinski definition) is 17. The van der Waals surface area contributed by atoms with Gasteiger partial charge in [-0.15, -0.1) is 0 Å². The van der Waals surface area contributed by atoms with E-state index in [-0.39, 0.29) is 70.3 Å². The summed E-state index contributed by atoms with van der Waals surface area (Å²) in [7, 11) is -8.61. The summed E-state index contributed by atoms with van der Waals surface area (Å²) in [6, 6.07) is 35.4. The molecule has 0 aliphatic carbocycles. The lowest BCUT2D eigenvalue weighted by atomic mass is 9.92. The third-order valence-corrected chi connectivity index (χ3v) is 30.5. The van der Waals surface area contributed by atoms with E-state index in [0.29, 0.717) is 67.4 Å². The Labute approximate surface area is 854 Å². The molecule has 0 saturated carbocycles. The molecule has 0 amide bonds. The first-order chi connectivity index (χ1) is 70.1. The second-order valence-corrected chi connectivity index (χ2v) is 42.3. The number of benzene rings is 1. The number of ether oxygens (including phenoxy) is 6. The molecule has 10 aromatic heterocycles. The van der Waals surface area contributed by atoms with E-state index in [1.165, 1.54) is 66.7 Å². The third kappa shape index (κ3) is 23.5. The van der Waals surface area contributed by atoms with Crippen LogP contribution in [-0.2, 0) is 86.8 Å². The molecule has 148 heavy (non-hydrogen) atoms. The average molecular weight is 2130 g/mol. The highest BCUT2D eigenvalue weighted by Gasteiger charge is 2.65. The molecule has 21 N–H and O–H groups in total. The smallest absolute Gasteiger partial charge is 0.464 e. The first kappa shape index (κ1) is 115. The fourth-order valence-electron chi connectivity index (χ4n) is 16.3. The van der Waals surface area contributed by atoms with Crippen molar-refractivity contribution < 1.29 is 140 Å². The van der Waals surface area contributed by atoms with Gasteiger partial charge in [-0.25, -0.2) is 54.2 Å². The largest absolute Gasteiger partial charge is 0.474 e. The Bertz CT molecular complexity index is 6700. The van der Waals surface area contributed by atoms with Crippen molar-refractivity contribution in [1.82, 2.24) is 58.1 Å². The molecule has 5 fully saturated rings. The van der Waals surface area contributed by atoms with Gasteiger partial charge in [-0.3, -0.25) is 51.6 Å². The highest BCUT2D eigenvalue weighted by Crippen LogP contribution is 2.54. The van der Waals surface area contributed by atoms with Gasteiger partial charge in [0, 0.05) is 47.1 Å². The van der Waals surface area contributed by atoms with Gasteiger partial charge in [-0.2, -0.15) is 46.4 Å². The predicted octanol–water partition coefficient (Wildman–Crippen LogP) is 4.92. The molecular formula is C94H116FN21O28P2S2. The Hall–Kier alpha value is -11.9. The number of para-hydroxylation sites is 1. The molecule has 5 aliphatic rings. The summed E-state index contributed by atoms with van der Waals surface area (Å²) in [6.45, 7) is 28.8. The highest BCUT2D eigenvalue weighted by molar-refractivity contribution is 8.14. The number of nitrogens with zero attached hydrogens (tertiary/aromatic N) is 16. The third-order valence-electron chi connectivity index (χ3n) is 24.9. The number of aromatic nitrogens is 11. The zero-order chi connectivity index (χ0) is 108. The number of esters is 1. The number of carbonyl (C=O) groups is 3. The molecule has 5 aliphatic heterocycles. The van der Waals surface area contributed by atoms with Crippen LogP contribution in [-0.4, -0.2) is 292 Å². The average Bonchev–Trinajstić information content (AvgIpc) is 1.59. The predicted molar refractivity (Wildman–Crippen MR) is 527 cm³/mol. The minimum absolute atomic E-state index is 0.0764. The molecule has 1 unspecified atom stereocenters. The van der Waals surface area contributed by atoms with Crippen molar-refractivity contribution >= 4 is 106 Å². The number of phosphoric ester groups is 1. The van der Waals surface area contributed by atoms with Crippen LogP contribution in [0.15, 0.2) is 146 Å². The minimum atomic E-state index is -4.31. The molecule has 0 bridgehead atoms. The number of nitriles is 3. The molecule has 16 rings (SSSR count). The van der Waals surface area contributed by atoms with Crippen LogP contribution in [0.1, 0.15) is 122 Å². The van der Waals surface area contributed by atoms with Gasteiger partial charge in [0.15, 0.2) is 41.8 Å². The van der Waals surface area contributed by atoms with Gasteiger partial charge in [0.05, 0.1) is 124 Å². The standard InChI is InChI=1S/C28H36N5O8P.C27H39N4O9PS2.C13H13FN4O3.2C13H14N4O4/c1-4-19(5-2)15-38-27(36)18(3)32-42(37,41-20-9-7-6-8-10-20)39-16-23-25(34)26(35)28(17-29,40-23)24-12-11-22-21(30)13-14-31-33(22)24;1-17-18-8-9-20(31(18)30-16-29-17)27(15-28)22(33)21(32)19(40-27)14-39-41(36,37-10-12-42-23(34)25(2,3)4)38-11-13-43-24(35)26(5,6)7;1-16-13(6-19)12(20)10(14)11(21-13)9-3-2-8-7(15)4-5-17-18(8)9;1-15-13(6-18)12(20)10(19)11(21-13)9-3-2-8-7(14)4-5-16-17(8)9;14-6-13(12(20)11(19)9(5-18)21-13)10-2-1-8-7(15)3-4-16-17(8)10/h6-14,18-19,23,25-26,34-35H,4-5,15-16,30H2,1-3H3,(H,32,37);8-9,16,19,21-22,32-33H,10-14H2,1-7H3;2-5,10-12,19-20H,6,15H2;2-5,10-12,18-20H,6,14H2;1-4,9,11-12,18-20H,5,15H2/t18-,23+,25+,26+,28-,42?;19-,21-,22-,27+;2*10-,11-,12-,13+;9-,11-,12-,13+/m01001/s1. The lowest BCUT2D eigenvalue weighted by Gasteiger charge is -2.25. The van der Waals surface area contributed by atoms with Gasteiger partial charge >= 0.3 is 33.0 Å². The number of hydrogen-bond acceptors (Lipinski definition) is 43. The Morgan fingerprint density at radius 1 is 0.527 bits per heavy atom. The molecule has 54 heteroatoms. The number of alkyl halides is 1. The molecular weight excluding hydrogens is 2020 g/mol. The van der Waals surface area contributed by atoms with E-state index in [1.807, 2.05) is 32.1 Å². The zero-order valence-corrected chi connectivity index (χ0v) is 85.0. The summed E-state index contributed by atoms with van der Waals surface area (Å²) in [5.74, 6) is 0.0810. The number of aryl methyl sites for hydroxylation is 1. The van der Waals surface area contributed by atoms with Crippen molar-refractivity contribution in [2.45, 2.75) is 208 Å². The monoisotopic (exact) mass is 2130 g/mol. The number of nitrogen functional groups attached to an aromatic ring is 4. The second-order valence-electron chi connectivity index (χ2n) is 36.8. The summed E-state index contributed by atoms with van der Waals surface area (Å²) >= 11 is 2.03. The summed E-state index contributed by atoms with van der Waals surface area (Å²) in [5, 5.41) is 175. The molecule has 49 nitrogen and oxygen atoms in total. The fraction of sp³-hybridized carbons (Fsp3) is 0.489. The molecule has 0 radical (unpaired) electrons. The van der Waals surface area contributed by atoms with E-state index in [0.717, 1.165) is 36.4 Å². The van der Waals surface area contributed by atoms with Crippen LogP contribution in [0.2, 0.25) is 0 Å². The number of anilines is 4. The molecule has 11 aromatic rings. The summed E-state index contributed by atoms with van der Waals surface area (Å²) in [5.41, 5.74) is 19.1. The lowest BCUT2D eigenvalue weighted by molar-refractivity contribution is -0.146. The molecule has 0 spiro atoms. The van der Waals surface area contributed by atoms with Gasteiger partial charge in [0.2, 0.25) is 16.8 Å². The second kappa shape index (κ2) is 47.5. The van der Waals surface area contributed by atoms with E-state index < -0.39 is 191 Å². The maximum Gasteiger partial charge on any atom is 0.474 e. The van der Waals surface area contributed by atoms with Gasteiger partial charge in [0.1, 0.15) is 110 Å². The lowest BCUT2D eigenvalue weighted by Crippen LogP contribution is -2.43. The molecule has 22 atom stereocenters. The number of phosphoric acid groups is 1. The number of carbonyl (C=O) groups excluding carboxylic acids is 3. The van der Waals surface area contributed by atoms with E-state index in [9.17, 15) is 105 Å². The van der Waals surface area contributed by atoms with E-state index in [1.54, 1.807) is 158 Å². The summed E-state index contributed by atoms with van der Waals surface area (Å²) in [4.78, 5) is 47.5. The molecule has 794 valence electrons. The van der Waals surface area contributed by atoms with E-state index >= 15 is 0 Å². The van der Waals surface area contributed by atoms with E-state index in [4.69, 9.17) is 87.1 Å². The summed E-state index contributed by atoms with van der Waals surface area (Å²) < 4.78 is 110. The topological polar surface area (TPSA) is 725 Å². The number of aliphatic hydroxyl groups is 12. The van der Waals surface area contributed by atoms with Crippen molar-refractivity contribution in [1.29, 1.82) is 15.8 Å². The van der Waals surface area contributed by atoms with Crippen LogP contribution in [0.5, 0.6) is 5.75 Å². The van der Waals surface area contributed by atoms with Gasteiger partial charge in [0.25, 0.3) is 0 Å². The number of fused-ring (bicyclic) bond motifs is 5. The van der Waals surface area contributed by atoms with Gasteiger partial charge < -0.3 is 108 Å². The Balaban J connectivity index is 0.000000171. The minimum Gasteiger partial charge on any atom is -0.464 e. The zero-order valence-electron chi connectivity index (χ0n) is 81.6. The van der Waals surface area contributed by atoms with Crippen molar-refractivity contribution in [3.8, 4) is 24.0 Å². The van der Waals surface area contributed by atoms with Crippen molar-refractivity contribution in [3.05, 3.63) is 203 Å². The Kier molecular flexibility index (Phi) is 36.8. The quantitative estimate of drug-likeness (QED) is 0.0119. The first-order valence-corrected chi connectivity index (χ1v) is 51.1. The van der Waals surface area contributed by atoms with Crippen LogP contribution in [0.3, 0.4) is 0 Å².